The van der Waals surface area contributed by atoms with Crippen LogP contribution in [0.5, 0.6) is 0 Å². The summed E-state index contributed by atoms with van der Waals surface area (Å²) >= 11 is 44.0. The smallest absolute Gasteiger partial charge is 0.126 e. The summed E-state index contributed by atoms with van der Waals surface area (Å²) in [6.07, 6.45) is 0.796. The molecule has 1 unspecified atom stereocenters. The van der Waals surface area contributed by atoms with E-state index in [1.807, 2.05) is 6.92 Å². The largest absolute Gasteiger partial charge is 0.127 e. The second-order valence-corrected chi connectivity index (χ2v) is 9.61. The molecule has 0 radical (unpaired) electrons. The van der Waals surface area contributed by atoms with Gasteiger partial charge in [-0.05, 0) is 18.3 Å². The molecule has 2 rings (SSSR count). The fraction of sp³-hybridized carbons (Fsp3) is 1.00. The zero-order chi connectivity index (χ0) is 13.3. The van der Waals surface area contributed by atoms with E-state index in [-0.39, 0.29) is 5.92 Å². The molecule has 7 heteroatoms. The van der Waals surface area contributed by atoms with Gasteiger partial charge < -0.3 is 0 Å². The molecular formula is C10H11Cl7. The van der Waals surface area contributed by atoms with E-state index in [0.29, 0.717) is 18.7 Å². The monoisotopic (exact) mass is 376 g/mol. The second-order valence-electron chi connectivity index (χ2n) is 5.22. The van der Waals surface area contributed by atoms with Crippen molar-refractivity contribution in [1.82, 2.24) is 0 Å². The van der Waals surface area contributed by atoms with Crippen LogP contribution in [0, 0.1) is 16.7 Å². The first kappa shape index (κ1) is 15.4. The summed E-state index contributed by atoms with van der Waals surface area (Å²) in [6.45, 7) is 1.96. The van der Waals surface area contributed by atoms with Crippen LogP contribution >= 0.6 is 81.2 Å². The fourth-order valence-corrected chi connectivity index (χ4v) is 7.36. The highest BCUT2D eigenvalue weighted by molar-refractivity contribution is 6.54. The summed E-state index contributed by atoms with van der Waals surface area (Å²) in [7, 11) is 0. The van der Waals surface area contributed by atoms with Crippen molar-refractivity contribution in [3.8, 4) is 0 Å². The minimum atomic E-state index is -1.05. The van der Waals surface area contributed by atoms with Gasteiger partial charge in [-0.25, -0.2) is 0 Å². The summed E-state index contributed by atoms with van der Waals surface area (Å²) in [6, 6.07) is 0. The Morgan fingerprint density at radius 3 is 2.06 bits per heavy atom. The van der Waals surface area contributed by atoms with Crippen LogP contribution in [0.2, 0.25) is 0 Å². The predicted octanol–water partition coefficient (Wildman–Crippen LogP) is 5.79. The molecule has 0 aromatic heterocycles. The van der Waals surface area contributed by atoms with Gasteiger partial charge in [0.1, 0.15) is 13.5 Å². The normalized spacial score (nSPS) is 46.8. The molecule has 0 N–H and O–H groups in total. The second kappa shape index (κ2) is 4.26. The maximum absolute atomic E-state index is 6.43. The molecule has 0 aromatic carbocycles. The molecule has 17 heavy (non-hydrogen) atoms. The van der Waals surface area contributed by atoms with Crippen LogP contribution in [0.1, 0.15) is 19.8 Å². The summed E-state index contributed by atoms with van der Waals surface area (Å²) < 4.78 is -1.98. The Balaban J connectivity index is 2.63. The van der Waals surface area contributed by atoms with E-state index in [1.165, 1.54) is 0 Å². The van der Waals surface area contributed by atoms with Crippen molar-refractivity contribution < 1.29 is 0 Å². The molecule has 0 aliphatic heterocycles. The minimum absolute atomic E-state index is 0.120. The standard InChI is InChI=1S/C10H11Cl7/c1-7(4-11)5-2-10(16,17)8(7,6(12)13)3-9(5,14)15/h5-6H,2-4H2,1H3/t5-,7?,8+/m1/s1. The van der Waals surface area contributed by atoms with E-state index < -0.39 is 24.3 Å². The van der Waals surface area contributed by atoms with E-state index in [9.17, 15) is 0 Å². The van der Waals surface area contributed by atoms with Gasteiger partial charge in [0.15, 0.2) is 0 Å². The zero-order valence-electron chi connectivity index (χ0n) is 8.92. The maximum atomic E-state index is 6.43. The molecule has 0 aromatic rings. The first-order valence-electron chi connectivity index (χ1n) is 5.15. The lowest BCUT2D eigenvalue weighted by molar-refractivity contribution is 0.141. The van der Waals surface area contributed by atoms with Crippen molar-refractivity contribution in [2.45, 2.75) is 33.3 Å². The molecule has 0 heterocycles. The topological polar surface area (TPSA) is 0 Å². The molecule has 0 saturated heterocycles. The van der Waals surface area contributed by atoms with Crippen molar-refractivity contribution in [1.29, 1.82) is 0 Å². The van der Waals surface area contributed by atoms with Crippen LogP contribution in [0.15, 0.2) is 0 Å². The molecule has 100 valence electrons. The first-order chi connectivity index (χ1) is 7.55. The Morgan fingerprint density at radius 2 is 1.71 bits per heavy atom. The highest BCUT2D eigenvalue weighted by Gasteiger charge is 2.80. The third kappa shape index (κ3) is 1.71. The van der Waals surface area contributed by atoms with Gasteiger partial charge in [0, 0.05) is 17.2 Å². The number of hydrogen-bond donors (Lipinski definition) is 0. The van der Waals surface area contributed by atoms with Crippen molar-refractivity contribution >= 4 is 81.2 Å². The van der Waals surface area contributed by atoms with E-state index in [4.69, 9.17) is 81.2 Å². The van der Waals surface area contributed by atoms with E-state index in [1.54, 1.807) is 0 Å². The Kier molecular flexibility index (Phi) is 3.87. The van der Waals surface area contributed by atoms with Gasteiger partial charge >= 0.3 is 0 Å². The lowest BCUT2D eigenvalue weighted by atomic mass is 9.70. The van der Waals surface area contributed by atoms with Crippen molar-refractivity contribution in [3.05, 3.63) is 0 Å². The molecule has 2 aliphatic carbocycles. The van der Waals surface area contributed by atoms with Crippen molar-refractivity contribution in [2.75, 3.05) is 5.88 Å². The minimum Gasteiger partial charge on any atom is -0.126 e. The van der Waals surface area contributed by atoms with E-state index in [0.717, 1.165) is 0 Å². The lowest BCUT2D eigenvalue weighted by Gasteiger charge is -2.46. The molecule has 0 spiro atoms. The summed E-state index contributed by atoms with van der Waals surface area (Å²) in [5.41, 5.74) is -1.27. The number of halogens is 7. The van der Waals surface area contributed by atoms with Gasteiger partial charge in [0.05, 0.1) is 0 Å². The average molecular weight is 379 g/mol. The Bertz CT molecular complexity index is 340. The van der Waals surface area contributed by atoms with Crippen LogP contribution < -0.4 is 0 Å². The van der Waals surface area contributed by atoms with E-state index in [2.05, 4.69) is 0 Å². The zero-order valence-corrected chi connectivity index (χ0v) is 14.2. The molecule has 3 atom stereocenters. The van der Waals surface area contributed by atoms with E-state index >= 15 is 0 Å². The van der Waals surface area contributed by atoms with Gasteiger partial charge in [0.2, 0.25) is 0 Å². The SMILES string of the molecule is CC1(CCl)[C@H]2CC(Cl)(Cl)[C@]1(C(Cl)Cl)CC2(Cl)Cl. The average Bonchev–Trinajstić information content (AvgIpc) is 2.47. The lowest BCUT2D eigenvalue weighted by Crippen LogP contribution is -2.49. The molecule has 0 amide bonds. The molecule has 2 bridgehead atoms. The number of hydrogen-bond acceptors (Lipinski definition) is 0. The molecular weight excluding hydrogens is 368 g/mol. The molecule has 2 saturated carbocycles. The van der Waals surface area contributed by atoms with Gasteiger partial charge in [-0.15, -0.1) is 81.2 Å². The predicted molar refractivity (Wildman–Crippen MR) is 78.4 cm³/mol. The number of fused-ring (bicyclic) bond motifs is 2. The third-order valence-corrected chi connectivity index (χ3v) is 7.65. The van der Waals surface area contributed by atoms with Crippen molar-refractivity contribution in [3.63, 3.8) is 0 Å². The maximum Gasteiger partial charge on any atom is 0.127 e. The third-order valence-electron chi connectivity index (χ3n) is 4.58. The Morgan fingerprint density at radius 1 is 1.18 bits per heavy atom. The van der Waals surface area contributed by atoms with Gasteiger partial charge in [-0.3, -0.25) is 0 Å². The van der Waals surface area contributed by atoms with Gasteiger partial charge in [-0.1, -0.05) is 6.92 Å². The van der Waals surface area contributed by atoms with Crippen LogP contribution in [0.3, 0.4) is 0 Å². The Hall–Kier alpha value is 2.03. The highest BCUT2D eigenvalue weighted by Crippen LogP contribution is 2.80. The molecule has 0 nitrogen and oxygen atoms in total. The fourth-order valence-electron chi connectivity index (χ4n) is 3.53. The van der Waals surface area contributed by atoms with Crippen molar-refractivity contribution in [2.24, 2.45) is 16.7 Å². The van der Waals surface area contributed by atoms with Crippen LogP contribution in [-0.4, -0.2) is 19.4 Å². The van der Waals surface area contributed by atoms with Crippen LogP contribution in [0.25, 0.3) is 0 Å². The number of rotatable bonds is 2. The quantitative estimate of drug-likeness (QED) is 0.533. The molecule has 2 aliphatic rings. The Labute approximate surface area is 136 Å². The van der Waals surface area contributed by atoms with Gasteiger partial charge in [0.25, 0.3) is 0 Å². The van der Waals surface area contributed by atoms with Crippen LogP contribution in [-0.2, 0) is 0 Å². The first-order valence-corrected chi connectivity index (χ1v) is 8.07. The summed E-state index contributed by atoms with van der Waals surface area (Å²) in [5.74, 6) is 0.196. The summed E-state index contributed by atoms with van der Waals surface area (Å²) in [5, 5.41) is 0. The van der Waals surface area contributed by atoms with Crippen LogP contribution in [0.4, 0.5) is 0 Å². The molecule has 2 fully saturated rings. The highest BCUT2D eigenvalue weighted by atomic mass is 35.5. The summed E-state index contributed by atoms with van der Waals surface area (Å²) in [4.78, 5) is -0.773. The number of alkyl halides is 7. The van der Waals surface area contributed by atoms with Gasteiger partial charge in [-0.2, -0.15) is 0 Å².